The zero-order valence-corrected chi connectivity index (χ0v) is 19.0. The van der Waals surface area contributed by atoms with Crippen LogP contribution in [0.25, 0.3) is 0 Å². The molecule has 2 amide bonds. The maximum Gasteiger partial charge on any atom is 0.333 e. The molecule has 2 rings (SSSR count). The second-order valence-corrected chi connectivity index (χ2v) is 7.53. The first kappa shape index (κ1) is 24.8. The normalized spacial score (nSPS) is 19.3. The largest absolute Gasteiger partial charge is 0.498 e. The summed E-state index contributed by atoms with van der Waals surface area (Å²) in [5.74, 6) is -1.18. The van der Waals surface area contributed by atoms with E-state index in [1.54, 1.807) is 13.0 Å². The molecule has 0 bridgehead atoms. The van der Waals surface area contributed by atoms with E-state index in [1.807, 2.05) is 37.3 Å². The highest BCUT2D eigenvalue weighted by Crippen LogP contribution is 2.30. The van der Waals surface area contributed by atoms with Crippen molar-refractivity contribution < 1.29 is 23.9 Å². The number of β-lactam (4-membered cyclic amide) rings is 1. The number of hydrogen-bond donors (Lipinski definition) is 1. The molecule has 1 aromatic rings. The highest BCUT2D eigenvalue weighted by atomic mass is 35.5. The van der Waals surface area contributed by atoms with E-state index in [0.29, 0.717) is 12.4 Å². The standard InChI is InChI=1S/C22H26Cl2N2O5/c1-4-16(30-5-2)11-17(27)25-18-20(24)26(21(18)28)19(14(3)12-23)22(29)31-13-15-9-7-6-8-10-15/h4,6-10,18-20H,3,5,11-13H2,1-2H3,(H,25,27). The van der Waals surface area contributed by atoms with Crippen LogP contribution >= 0.6 is 23.2 Å². The predicted octanol–water partition coefficient (Wildman–Crippen LogP) is 3.12. The number of nitrogens with one attached hydrogen (secondary N) is 1. The summed E-state index contributed by atoms with van der Waals surface area (Å²) in [6.45, 7) is 7.80. The highest BCUT2D eigenvalue weighted by Gasteiger charge is 2.53. The summed E-state index contributed by atoms with van der Waals surface area (Å²) in [4.78, 5) is 38.8. The van der Waals surface area contributed by atoms with Crippen LogP contribution in [0.1, 0.15) is 25.8 Å². The summed E-state index contributed by atoms with van der Waals surface area (Å²) in [7, 11) is 0. The fraction of sp³-hybridized carbons (Fsp3) is 0.409. The third kappa shape index (κ3) is 6.24. The average Bonchev–Trinajstić information content (AvgIpc) is 2.79. The van der Waals surface area contributed by atoms with E-state index >= 15 is 0 Å². The monoisotopic (exact) mass is 468 g/mol. The Morgan fingerprint density at radius 2 is 1.97 bits per heavy atom. The molecule has 0 radical (unpaired) electrons. The third-order valence-electron chi connectivity index (χ3n) is 4.65. The molecule has 0 saturated carbocycles. The van der Waals surface area contributed by atoms with Crippen LogP contribution in [0, 0.1) is 0 Å². The Balaban J connectivity index is 2.02. The Labute approximate surface area is 192 Å². The number of benzene rings is 1. The van der Waals surface area contributed by atoms with E-state index in [-0.39, 0.29) is 24.5 Å². The number of alkyl halides is 2. The number of ether oxygens (including phenoxy) is 2. The first-order valence-corrected chi connectivity index (χ1v) is 10.8. The van der Waals surface area contributed by atoms with Gasteiger partial charge in [0, 0.05) is 5.88 Å². The van der Waals surface area contributed by atoms with Crippen LogP contribution in [0.3, 0.4) is 0 Å². The van der Waals surface area contributed by atoms with E-state index in [4.69, 9.17) is 32.7 Å². The number of allylic oxidation sites excluding steroid dienone is 1. The minimum atomic E-state index is -1.14. The molecule has 1 heterocycles. The molecule has 1 fully saturated rings. The Hall–Kier alpha value is -2.51. The van der Waals surface area contributed by atoms with Gasteiger partial charge in [0.2, 0.25) is 5.91 Å². The number of likely N-dealkylation sites (tertiary alicyclic amines) is 1. The van der Waals surface area contributed by atoms with Gasteiger partial charge in [-0.05, 0) is 31.1 Å². The van der Waals surface area contributed by atoms with E-state index in [0.717, 1.165) is 10.5 Å². The Kier molecular flexibility index (Phi) is 9.40. The maximum absolute atomic E-state index is 12.7. The summed E-state index contributed by atoms with van der Waals surface area (Å²) in [6.07, 6.45) is 1.66. The van der Waals surface area contributed by atoms with Gasteiger partial charge < -0.3 is 19.7 Å². The maximum atomic E-state index is 12.7. The van der Waals surface area contributed by atoms with Crippen LogP contribution in [0.2, 0.25) is 0 Å². The average molecular weight is 469 g/mol. The lowest BCUT2D eigenvalue weighted by Gasteiger charge is -2.47. The van der Waals surface area contributed by atoms with Crippen molar-refractivity contribution in [2.24, 2.45) is 0 Å². The molecule has 1 aliphatic heterocycles. The van der Waals surface area contributed by atoms with Gasteiger partial charge >= 0.3 is 5.97 Å². The van der Waals surface area contributed by atoms with Crippen molar-refractivity contribution in [1.82, 2.24) is 10.2 Å². The molecule has 1 aliphatic rings. The number of carbonyl (C=O) groups is 3. The number of halogens is 2. The summed E-state index contributed by atoms with van der Waals surface area (Å²) in [5, 5.41) is 2.58. The van der Waals surface area contributed by atoms with Gasteiger partial charge in [0.25, 0.3) is 5.91 Å². The van der Waals surface area contributed by atoms with Crippen LogP contribution in [0.4, 0.5) is 0 Å². The van der Waals surface area contributed by atoms with Crippen molar-refractivity contribution in [1.29, 1.82) is 0 Å². The Morgan fingerprint density at radius 1 is 1.29 bits per heavy atom. The predicted molar refractivity (Wildman–Crippen MR) is 118 cm³/mol. The molecule has 3 atom stereocenters. The topological polar surface area (TPSA) is 84.9 Å². The van der Waals surface area contributed by atoms with Gasteiger partial charge in [-0.3, -0.25) is 9.59 Å². The smallest absolute Gasteiger partial charge is 0.333 e. The summed E-state index contributed by atoms with van der Waals surface area (Å²) < 4.78 is 10.7. The van der Waals surface area contributed by atoms with Crippen LogP contribution < -0.4 is 5.32 Å². The zero-order chi connectivity index (χ0) is 23.0. The molecule has 0 spiro atoms. The number of carbonyl (C=O) groups excluding carboxylic acids is 3. The molecular weight excluding hydrogens is 443 g/mol. The van der Waals surface area contributed by atoms with Gasteiger partial charge in [0.05, 0.1) is 13.0 Å². The Bertz CT molecular complexity index is 844. The van der Waals surface area contributed by atoms with E-state index in [9.17, 15) is 14.4 Å². The van der Waals surface area contributed by atoms with Crippen molar-refractivity contribution >= 4 is 41.0 Å². The van der Waals surface area contributed by atoms with Crippen molar-refractivity contribution in [2.75, 3.05) is 12.5 Å². The molecule has 1 aromatic carbocycles. The minimum Gasteiger partial charge on any atom is -0.498 e. The van der Waals surface area contributed by atoms with E-state index in [1.165, 1.54) is 0 Å². The molecule has 9 heteroatoms. The lowest BCUT2D eigenvalue weighted by atomic mass is 9.99. The number of rotatable bonds is 11. The van der Waals surface area contributed by atoms with Gasteiger partial charge in [-0.1, -0.05) is 48.5 Å². The fourth-order valence-corrected chi connectivity index (χ4v) is 3.57. The summed E-state index contributed by atoms with van der Waals surface area (Å²) in [6, 6.07) is 7.01. The second kappa shape index (κ2) is 11.8. The molecule has 0 aliphatic carbocycles. The molecular formula is C22H26Cl2N2O5. The Morgan fingerprint density at radius 3 is 2.52 bits per heavy atom. The number of nitrogens with zero attached hydrogens (tertiary/aromatic N) is 1. The molecule has 7 nitrogen and oxygen atoms in total. The fourth-order valence-electron chi connectivity index (χ4n) is 3.04. The van der Waals surface area contributed by atoms with Crippen LogP contribution in [0.5, 0.6) is 0 Å². The van der Waals surface area contributed by atoms with Gasteiger partial charge in [0.1, 0.15) is 23.9 Å². The van der Waals surface area contributed by atoms with Gasteiger partial charge in [-0.2, -0.15) is 0 Å². The lowest BCUT2D eigenvalue weighted by molar-refractivity contribution is -0.164. The van der Waals surface area contributed by atoms with Gasteiger partial charge in [-0.25, -0.2) is 4.79 Å². The highest BCUT2D eigenvalue weighted by molar-refractivity contribution is 6.27. The quantitative estimate of drug-likeness (QED) is 0.135. The van der Waals surface area contributed by atoms with Crippen LogP contribution in [-0.2, 0) is 30.5 Å². The van der Waals surface area contributed by atoms with Crippen molar-refractivity contribution in [2.45, 2.75) is 44.5 Å². The van der Waals surface area contributed by atoms with Gasteiger partial charge in [0.15, 0.2) is 6.04 Å². The number of esters is 1. The van der Waals surface area contributed by atoms with E-state index < -0.39 is 35.4 Å². The molecule has 31 heavy (non-hydrogen) atoms. The summed E-state index contributed by atoms with van der Waals surface area (Å²) in [5.41, 5.74) is 0.116. The lowest BCUT2D eigenvalue weighted by Crippen LogP contribution is -2.72. The molecule has 3 unspecified atom stereocenters. The SMILES string of the molecule is C=C(CCl)C(C(=O)OCc1ccccc1)N1C(=O)C(NC(=O)CC(=CC)OCC)C1Cl. The third-order valence-corrected chi connectivity index (χ3v) is 5.45. The van der Waals surface area contributed by atoms with Crippen molar-refractivity contribution in [3.05, 3.63) is 59.9 Å². The summed E-state index contributed by atoms with van der Waals surface area (Å²) >= 11 is 12.2. The van der Waals surface area contributed by atoms with Crippen molar-refractivity contribution in [3.63, 3.8) is 0 Å². The van der Waals surface area contributed by atoms with Crippen LogP contribution in [-0.4, -0.2) is 52.8 Å². The second-order valence-electron chi connectivity index (χ2n) is 6.82. The molecule has 1 saturated heterocycles. The number of amides is 2. The minimum absolute atomic E-state index is 0.0192. The van der Waals surface area contributed by atoms with Crippen molar-refractivity contribution in [3.8, 4) is 0 Å². The molecule has 168 valence electrons. The first-order chi connectivity index (χ1) is 14.8. The zero-order valence-electron chi connectivity index (χ0n) is 17.5. The van der Waals surface area contributed by atoms with Crippen LogP contribution in [0.15, 0.2) is 54.3 Å². The van der Waals surface area contributed by atoms with Gasteiger partial charge in [-0.15, -0.1) is 11.6 Å². The first-order valence-electron chi connectivity index (χ1n) is 9.81. The van der Waals surface area contributed by atoms with E-state index in [2.05, 4.69) is 11.9 Å². The molecule has 1 N–H and O–H groups in total. The molecule has 0 aromatic heterocycles. The number of hydrogen-bond acceptors (Lipinski definition) is 5.